The Bertz CT molecular complexity index is 1300. The van der Waals surface area contributed by atoms with Crippen molar-refractivity contribution in [2.45, 2.75) is 5.41 Å². The van der Waals surface area contributed by atoms with Gasteiger partial charge >= 0.3 is 0 Å². The molecule has 2 aliphatic rings. The zero-order valence-electron chi connectivity index (χ0n) is 18.2. The number of nitrogens with one attached hydrogen (secondary N) is 1. The molecule has 3 aromatic carbocycles. The van der Waals surface area contributed by atoms with Crippen LogP contribution in [0.2, 0.25) is 0 Å². The van der Waals surface area contributed by atoms with Crippen molar-refractivity contribution in [3.8, 4) is 11.5 Å². The highest BCUT2D eigenvalue weighted by atomic mass is 16.6. The zero-order valence-corrected chi connectivity index (χ0v) is 18.2. The number of rotatable bonds is 5. The number of benzene rings is 3. The molecule has 0 bridgehead atoms. The van der Waals surface area contributed by atoms with Crippen molar-refractivity contribution in [2.24, 2.45) is 5.92 Å². The number of ether oxygens (including phenoxy) is 2. The highest BCUT2D eigenvalue weighted by Gasteiger charge is 2.57. The molecule has 1 N–H and O–H groups in total. The van der Waals surface area contributed by atoms with Gasteiger partial charge in [-0.05, 0) is 46.0 Å². The van der Waals surface area contributed by atoms with Gasteiger partial charge in [-0.2, -0.15) is 0 Å². The minimum atomic E-state index is -1.27. The maximum absolute atomic E-state index is 13.7. The fraction of sp³-hybridized carbons (Fsp3) is 0.192. The van der Waals surface area contributed by atoms with E-state index in [1.165, 1.54) is 7.11 Å². The third kappa shape index (κ3) is 3.00. The maximum Gasteiger partial charge on any atom is 0.240 e. The van der Waals surface area contributed by atoms with Crippen molar-refractivity contribution in [2.75, 3.05) is 26.1 Å². The average molecular weight is 442 g/mol. The van der Waals surface area contributed by atoms with E-state index in [0.717, 1.165) is 22.3 Å². The van der Waals surface area contributed by atoms with Crippen LogP contribution in [-0.2, 0) is 10.2 Å². The largest absolute Gasteiger partial charge is 0.493 e. The highest BCUT2D eigenvalue weighted by Crippen LogP contribution is 2.55. The van der Waals surface area contributed by atoms with Crippen LogP contribution in [0.3, 0.4) is 0 Å². The summed E-state index contributed by atoms with van der Waals surface area (Å²) in [6.45, 7) is -0.397. The van der Waals surface area contributed by atoms with Gasteiger partial charge in [0.2, 0.25) is 12.5 Å². The van der Waals surface area contributed by atoms with Gasteiger partial charge in [0.25, 0.3) is 0 Å². The van der Waals surface area contributed by atoms with Gasteiger partial charge < -0.3 is 14.8 Å². The van der Waals surface area contributed by atoms with Crippen molar-refractivity contribution >= 4 is 17.2 Å². The summed E-state index contributed by atoms with van der Waals surface area (Å²) in [5.74, 6) is -0.0149. The van der Waals surface area contributed by atoms with Crippen molar-refractivity contribution in [1.29, 1.82) is 0 Å². The first kappa shape index (κ1) is 20.8. The van der Waals surface area contributed by atoms with Gasteiger partial charge in [0.15, 0.2) is 11.5 Å². The minimum absolute atomic E-state index is 0.285. The summed E-state index contributed by atoms with van der Waals surface area (Å²) in [7, 11) is 3.09. The summed E-state index contributed by atoms with van der Waals surface area (Å²) >= 11 is 0. The second-order valence-corrected chi connectivity index (χ2v) is 8.13. The van der Waals surface area contributed by atoms with Crippen LogP contribution in [-0.4, -0.2) is 31.6 Å². The molecule has 33 heavy (non-hydrogen) atoms. The van der Waals surface area contributed by atoms with Crippen molar-refractivity contribution in [3.05, 3.63) is 105 Å². The first-order valence-electron chi connectivity index (χ1n) is 10.6. The Morgan fingerprint density at radius 1 is 0.970 bits per heavy atom. The Morgan fingerprint density at radius 3 is 2.33 bits per heavy atom. The number of nitro groups is 1. The number of hydrogen-bond donors (Lipinski definition) is 1. The SMILES string of the molecule is COc1cc2c(cc1OC)[C@]1(C(=O)Nc3ccccc31)C(C[N+](=O)[O-])C=C2c1ccccc1. The molecular formula is C26H22N2O5. The van der Waals surface area contributed by atoms with Gasteiger partial charge in [0.1, 0.15) is 5.41 Å². The van der Waals surface area contributed by atoms with E-state index in [4.69, 9.17) is 9.47 Å². The molecule has 3 aromatic rings. The van der Waals surface area contributed by atoms with Crippen LogP contribution in [0.5, 0.6) is 11.5 Å². The van der Waals surface area contributed by atoms with Crippen LogP contribution in [0.4, 0.5) is 5.69 Å². The zero-order chi connectivity index (χ0) is 23.2. The number of carbonyl (C=O) groups is 1. The summed E-state index contributed by atoms with van der Waals surface area (Å²) in [5, 5.41) is 14.8. The fourth-order valence-electron chi connectivity index (χ4n) is 5.18. The van der Waals surface area contributed by atoms with E-state index in [-0.39, 0.29) is 10.8 Å². The number of para-hydroxylation sites is 1. The molecule has 0 radical (unpaired) electrons. The third-order valence-corrected chi connectivity index (χ3v) is 6.55. The van der Waals surface area contributed by atoms with E-state index < -0.39 is 17.9 Å². The molecule has 1 aliphatic carbocycles. The van der Waals surface area contributed by atoms with Crippen LogP contribution in [0, 0.1) is 16.0 Å². The Kier molecular flexibility index (Phi) is 4.89. The lowest BCUT2D eigenvalue weighted by molar-refractivity contribution is -0.487. The van der Waals surface area contributed by atoms with Crippen LogP contribution in [0.15, 0.2) is 72.8 Å². The number of hydrogen-bond acceptors (Lipinski definition) is 5. The molecule has 1 heterocycles. The van der Waals surface area contributed by atoms with E-state index in [1.54, 1.807) is 13.2 Å². The number of fused-ring (bicyclic) bond motifs is 4. The van der Waals surface area contributed by atoms with E-state index in [1.807, 2.05) is 66.7 Å². The molecule has 0 saturated heterocycles. The van der Waals surface area contributed by atoms with E-state index in [9.17, 15) is 14.9 Å². The second-order valence-electron chi connectivity index (χ2n) is 8.13. The molecule has 0 saturated carbocycles. The van der Waals surface area contributed by atoms with E-state index in [2.05, 4.69) is 5.32 Å². The molecule has 2 atom stereocenters. The lowest BCUT2D eigenvalue weighted by Crippen LogP contribution is -2.47. The van der Waals surface area contributed by atoms with E-state index >= 15 is 0 Å². The monoisotopic (exact) mass is 442 g/mol. The Morgan fingerprint density at radius 2 is 1.64 bits per heavy atom. The predicted molar refractivity (Wildman–Crippen MR) is 124 cm³/mol. The summed E-state index contributed by atoms with van der Waals surface area (Å²) in [5.41, 5.74) is 3.28. The standard InChI is InChI=1S/C26H22N2O5/c1-32-23-13-19-18(16-8-4-3-5-9-16)12-17(15-28(30)31)26(21(19)14-24(23)33-2)20-10-6-7-11-22(20)27-25(26)29/h3-14,17H,15H2,1-2H3,(H,27,29)/t17?,26-/m0/s1. The normalized spacial score (nSPS) is 20.5. The molecule has 1 aliphatic heterocycles. The molecule has 1 unspecified atom stereocenters. The van der Waals surface area contributed by atoms with Crippen molar-refractivity contribution in [1.82, 2.24) is 0 Å². The number of methoxy groups -OCH3 is 2. The molecule has 0 aromatic heterocycles. The fourth-order valence-corrected chi connectivity index (χ4v) is 5.18. The van der Waals surface area contributed by atoms with Gasteiger partial charge in [-0.25, -0.2) is 0 Å². The Labute approximate surface area is 190 Å². The molecule has 5 rings (SSSR count). The second kappa shape index (κ2) is 7.78. The summed E-state index contributed by atoms with van der Waals surface area (Å²) < 4.78 is 11.1. The van der Waals surface area contributed by atoms with Crippen LogP contribution < -0.4 is 14.8 Å². The molecule has 1 amide bonds. The van der Waals surface area contributed by atoms with Gasteiger partial charge in [0, 0.05) is 10.6 Å². The highest BCUT2D eigenvalue weighted by molar-refractivity contribution is 6.11. The predicted octanol–water partition coefficient (Wildman–Crippen LogP) is 4.28. The van der Waals surface area contributed by atoms with Gasteiger partial charge in [-0.15, -0.1) is 0 Å². The van der Waals surface area contributed by atoms with Crippen LogP contribution in [0.1, 0.15) is 22.3 Å². The van der Waals surface area contributed by atoms with Crippen molar-refractivity contribution < 1.29 is 19.2 Å². The Balaban J connectivity index is 1.89. The van der Waals surface area contributed by atoms with Crippen LogP contribution >= 0.6 is 0 Å². The first-order valence-corrected chi connectivity index (χ1v) is 10.6. The van der Waals surface area contributed by atoms with Gasteiger partial charge in [-0.1, -0.05) is 54.6 Å². The van der Waals surface area contributed by atoms with Crippen LogP contribution in [0.25, 0.3) is 5.57 Å². The molecule has 7 nitrogen and oxygen atoms in total. The van der Waals surface area contributed by atoms with Gasteiger partial charge in [0.05, 0.1) is 20.1 Å². The lowest BCUT2D eigenvalue weighted by atomic mass is 9.60. The minimum Gasteiger partial charge on any atom is -0.493 e. The maximum atomic E-state index is 13.7. The first-order chi connectivity index (χ1) is 16.0. The molecule has 166 valence electrons. The number of carbonyl (C=O) groups excluding carboxylic acids is 1. The Hall–Kier alpha value is -4.13. The molecular weight excluding hydrogens is 420 g/mol. The number of nitrogens with zero attached hydrogens (tertiary/aromatic N) is 1. The number of anilines is 1. The summed E-state index contributed by atoms with van der Waals surface area (Å²) in [6.07, 6.45) is 1.87. The average Bonchev–Trinajstić information content (AvgIpc) is 3.12. The quantitative estimate of drug-likeness (QED) is 0.471. The summed E-state index contributed by atoms with van der Waals surface area (Å²) in [6, 6.07) is 20.7. The lowest BCUT2D eigenvalue weighted by Gasteiger charge is -2.39. The molecule has 0 fully saturated rings. The molecule has 7 heteroatoms. The van der Waals surface area contributed by atoms with Gasteiger partial charge in [-0.3, -0.25) is 14.9 Å². The van der Waals surface area contributed by atoms with E-state index in [0.29, 0.717) is 22.7 Å². The third-order valence-electron chi connectivity index (χ3n) is 6.55. The molecule has 1 spiro atoms. The smallest absolute Gasteiger partial charge is 0.240 e. The summed E-state index contributed by atoms with van der Waals surface area (Å²) in [4.78, 5) is 25.2. The number of amides is 1. The topological polar surface area (TPSA) is 90.7 Å². The van der Waals surface area contributed by atoms with Crippen molar-refractivity contribution in [3.63, 3.8) is 0 Å².